The largest absolute Gasteiger partial charge is 0.384 e. The molecule has 1 rings (SSSR count). The van der Waals surface area contributed by atoms with Crippen LogP contribution in [-0.4, -0.2) is 11.3 Å². The first kappa shape index (κ1) is 12.2. The lowest BCUT2D eigenvalue weighted by atomic mass is 10.1. The Morgan fingerprint density at radius 1 is 1.07 bits per heavy atom. The fraction of sp³-hybridized carbons (Fsp3) is 0.333. The highest BCUT2D eigenvalue weighted by molar-refractivity contribution is 6.22. The fourth-order valence-electron chi connectivity index (χ4n) is 0.981. The van der Waals surface area contributed by atoms with Gasteiger partial charge in [-0.05, 0) is 23.2 Å². The van der Waals surface area contributed by atoms with Crippen LogP contribution in [0.15, 0.2) is 24.3 Å². The normalized spacial score (nSPS) is 12.9. The van der Waals surface area contributed by atoms with Crippen LogP contribution in [0.1, 0.15) is 5.56 Å². The van der Waals surface area contributed by atoms with Crippen molar-refractivity contribution in [1.29, 1.82) is 0 Å². The molecule has 0 nitrogen and oxygen atoms in total. The summed E-state index contributed by atoms with van der Waals surface area (Å²) in [6, 6.07) is 4.47. The third-order valence-electron chi connectivity index (χ3n) is 1.79. The molecule has 0 amide bonds. The molecule has 0 heterocycles. The second kappa shape index (κ2) is 3.96. The third kappa shape index (κ3) is 2.81. The van der Waals surface area contributed by atoms with Gasteiger partial charge in [-0.15, -0.1) is 0 Å². The average molecular weight is 245 g/mol. The van der Waals surface area contributed by atoms with Gasteiger partial charge in [0.2, 0.25) is 0 Å². The van der Waals surface area contributed by atoms with E-state index in [0.717, 1.165) is 12.1 Å². The molecule has 0 fully saturated rings. The Bertz CT molecular complexity index is 345. The van der Waals surface area contributed by atoms with Gasteiger partial charge < -0.3 is 0 Å². The van der Waals surface area contributed by atoms with Gasteiger partial charge in [-0.3, -0.25) is 0 Å². The van der Waals surface area contributed by atoms with Crippen LogP contribution in [0.4, 0.5) is 22.0 Å². The van der Waals surface area contributed by atoms with Crippen LogP contribution in [0.25, 0.3) is 0 Å². The molecule has 6 heteroatoms. The summed E-state index contributed by atoms with van der Waals surface area (Å²) in [4.78, 5) is 0. The first-order valence-corrected chi connectivity index (χ1v) is 4.30. The zero-order valence-electron chi connectivity index (χ0n) is 7.28. The lowest BCUT2D eigenvalue weighted by Gasteiger charge is -2.21. The molecular formula is C9H6ClF5. The predicted octanol–water partition coefficient (Wildman–Crippen LogP) is 3.84. The lowest BCUT2D eigenvalue weighted by Crippen LogP contribution is -2.37. The summed E-state index contributed by atoms with van der Waals surface area (Å²) < 4.78 is 62.8. The van der Waals surface area contributed by atoms with Gasteiger partial charge in [0.25, 0.3) is 0 Å². The molecule has 0 aliphatic heterocycles. The molecule has 0 N–H and O–H groups in total. The smallest absolute Gasteiger partial charge is 0.207 e. The summed E-state index contributed by atoms with van der Waals surface area (Å²) in [7, 11) is 0. The Kier molecular flexibility index (Phi) is 3.23. The molecule has 0 aliphatic carbocycles. The molecule has 0 unspecified atom stereocenters. The quantitative estimate of drug-likeness (QED) is 0.560. The van der Waals surface area contributed by atoms with E-state index in [1.54, 1.807) is 0 Å². The van der Waals surface area contributed by atoms with Crippen molar-refractivity contribution in [2.75, 3.05) is 0 Å². The van der Waals surface area contributed by atoms with Crippen molar-refractivity contribution in [2.45, 2.75) is 17.7 Å². The monoisotopic (exact) mass is 244 g/mol. The number of benzene rings is 1. The number of halogens is 6. The molecule has 1 aromatic rings. The first-order valence-electron chi connectivity index (χ1n) is 3.92. The molecule has 0 bridgehead atoms. The van der Waals surface area contributed by atoms with E-state index >= 15 is 0 Å². The topological polar surface area (TPSA) is 0 Å². The molecule has 0 spiro atoms. The highest BCUT2D eigenvalue weighted by Crippen LogP contribution is 2.40. The Hall–Kier alpha value is -0.840. The number of hydrogen-bond donors (Lipinski definition) is 0. The molecular weight excluding hydrogens is 239 g/mol. The molecule has 0 atom stereocenters. The second-order valence-corrected chi connectivity index (χ2v) is 3.45. The van der Waals surface area contributed by atoms with Crippen molar-refractivity contribution in [3.8, 4) is 0 Å². The van der Waals surface area contributed by atoms with Crippen LogP contribution in [0.2, 0.25) is 0 Å². The average Bonchev–Trinajstić information content (AvgIpc) is 2.06. The van der Waals surface area contributed by atoms with E-state index in [0.29, 0.717) is 0 Å². The molecule has 0 aromatic heterocycles. The van der Waals surface area contributed by atoms with Gasteiger partial charge in [-0.25, -0.2) is 4.39 Å². The molecule has 0 radical (unpaired) electrons. The van der Waals surface area contributed by atoms with Crippen molar-refractivity contribution in [1.82, 2.24) is 0 Å². The van der Waals surface area contributed by atoms with Crippen molar-refractivity contribution < 1.29 is 22.0 Å². The Morgan fingerprint density at radius 2 is 1.60 bits per heavy atom. The summed E-state index contributed by atoms with van der Waals surface area (Å²) >= 11 is 4.22. The van der Waals surface area contributed by atoms with Gasteiger partial charge in [-0.1, -0.05) is 18.2 Å². The highest BCUT2D eigenvalue weighted by Gasteiger charge is 2.54. The first-order chi connectivity index (χ1) is 6.74. The van der Waals surface area contributed by atoms with Crippen LogP contribution in [-0.2, 0) is 6.42 Å². The maximum absolute atomic E-state index is 12.9. The van der Waals surface area contributed by atoms with Crippen LogP contribution in [0.3, 0.4) is 0 Å². The van der Waals surface area contributed by atoms with Gasteiger partial charge in [0, 0.05) is 6.42 Å². The number of alkyl halides is 5. The van der Waals surface area contributed by atoms with Crippen molar-refractivity contribution >= 4 is 11.6 Å². The second-order valence-electron chi connectivity index (χ2n) is 2.97. The minimum Gasteiger partial charge on any atom is -0.207 e. The van der Waals surface area contributed by atoms with E-state index in [1.165, 1.54) is 12.1 Å². The van der Waals surface area contributed by atoms with E-state index in [-0.39, 0.29) is 0 Å². The molecule has 1 aromatic carbocycles. The Labute approximate surface area is 87.7 Å². The molecule has 0 saturated heterocycles. The zero-order valence-corrected chi connectivity index (χ0v) is 8.04. The van der Waals surface area contributed by atoms with Crippen molar-refractivity contribution in [2.24, 2.45) is 0 Å². The van der Waals surface area contributed by atoms with E-state index in [1.807, 2.05) is 0 Å². The van der Waals surface area contributed by atoms with Gasteiger partial charge in [0.15, 0.2) is 0 Å². The number of rotatable bonds is 3. The zero-order chi connectivity index (χ0) is 11.7. The van der Waals surface area contributed by atoms with E-state index in [4.69, 9.17) is 0 Å². The van der Waals surface area contributed by atoms with Gasteiger partial charge in [0.1, 0.15) is 5.82 Å². The predicted molar refractivity (Wildman–Crippen MR) is 45.9 cm³/mol. The highest BCUT2D eigenvalue weighted by atomic mass is 35.5. The minimum atomic E-state index is -4.69. The molecule has 84 valence electrons. The van der Waals surface area contributed by atoms with Gasteiger partial charge in [0.05, 0.1) is 0 Å². The van der Waals surface area contributed by atoms with E-state index in [9.17, 15) is 22.0 Å². The Balaban J connectivity index is 2.92. The minimum absolute atomic E-state index is 0.497. The summed E-state index contributed by atoms with van der Waals surface area (Å²) in [6.45, 7) is 0. The maximum atomic E-state index is 12.9. The summed E-state index contributed by atoms with van der Waals surface area (Å²) in [6.07, 6.45) is -1.43. The molecule has 0 saturated carbocycles. The van der Waals surface area contributed by atoms with Crippen LogP contribution in [0, 0.1) is 5.82 Å². The van der Waals surface area contributed by atoms with Crippen molar-refractivity contribution in [3.05, 3.63) is 35.6 Å². The van der Waals surface area contributed by atoms with E-state index < -0.39 is 29.1 Å². The van der Waals surface area contributed by atoms with Crippen LogP contribution in [0.5, 0.6) is 0 Å². The third-order valence-corrected chi connectivity index (χ3v) is 2.06. The maximum Gasteiger partial charge on any atom is 0.384 e. The van der Waals surface area contributed by atoms with Crippen molar-refractivity contribution in [3.63, 3.8) is 0 Å². The summed E-state index contributed by atoms with van der Waals surface area (Å²) in [5.74, 6) is -5.44. The van der Waals surface area contributed by atoms with Gasteiger partial charge in [-0.2, -0.15) is 17.6 Å². The van der Waals surface area contributed by atoms with E-state index in [2.05, 4.69) is 11.6 Å². The number of hydrogen-bond acceptors (Lipinski definition) is 0. The van der Waals surface area contributed by atoms with Crippen LogP contribution < -0.4 is 0 Å². The summed E-state index contributed by atoms with van der Waals surface area (Å²) in [5, 5.41) is -4.69. The lowest BCUT2D eigenvalue weighted by molar-refractivity contribution is -0.156. The molecule has 15 heavy (non-hydrogen) atoms. The SMILES string of the molecule is Fc1ccccc1CC(F)(F)C(F)(F)Cl. The summed E-state index contributed by atoms with van der Waals surface area (Å²) in [5.41, 5.74) is -0.497. The Morgan fingerprint density at radius 3 is 2.07 bits per heavy atom. The standard InChI is InChI=1S/C9H6ClF5/c10-9(14,15)8(12,13)5-6-3-1-2-4-7(6)11/h1-4H,5H2. The van der Waals surface area contributed by atoms with Crippen LogP contribution >= 0.6 is 11.6 Å². The van der Waals surface area contributed by atoms with Gasteiger partial charge >= 0.3 is 11.3 Å². The fourth-order valence-corrected chi connectivity index (χ4v) is 1.05. The molecule has 0 aliphatic rings.